The van der Waals surface area contributed by atoms with Gasteiger partial charge in [0.2, 0.25) is 0 Å². The lowest BCUT2D eigenvalue weighted by Crippen LogP contribution is -1.90. The van der Waals surface area contributed by atoms with Crippen molar-refractivity contribution in [1.29, 1.82) is 0 Å². The Balaban J connectivity index is 2.52. The van der Waals surface area contributed by atoms with Crippen LogP contribution >= 0.6 is 0 Å². The van der Waals surface area contributed by atoms with E-state index in [1.165, 1.54) is 22.3 Å². The molecule has 0 bridgehead atoms. The zero-order valence-electron chi connectivity index (χ0n) is 7.02. The summed E-state index contributed by atoms with van der Waals surface area (Å²) in [7, 11) is 0. The van der Waals surface area contributed by atoms with E-state index in [1.807, 2.05) is 0 Å². The van der Waals surface area contributed by atoms with E-state index < -0.39 is 0 Å². The predicted octanol–water partition coefficient (Wildman–Crippen LogP) is 3.15. The van der Waals surface area contributed by atoms with Crippen LogP contribution in [0, 0.1) is 0 Å². The summed E-state index contributed by atoms with van der Waals surface area (Å²) in [6, 6.07) is 0. The van der Waals surface area contributed by atoms with Crippen LogP contribution in [0.3, 0.4) is 0 Å². The Morgan fingerprint density at radius 3 is 2.73 bits per heavy atom. The normalized spacial score (nSPS) is 21.6. The number of allylic oxidation sites excluding steroid dienone is 8. The van der Waals surface area contributed by atoms with Crippen molar-refractivity contribution in [3.8, 4) is 0 Å². The maximum absolute atomic E-state index is 2.27. The Labute approximate surface area is 67.6 Å². The summed E-state index contributed by atoms with van der Waals surface area (Å²) in [4.78, 5) is 0. The molecule has 2 rings (SSSR count). The second kappa shape index (κ2) is 2.23. The summed E-state index contributed by atoms with van der Waals surface area (Å²) in [5.74, 6) is 0. The Hall–Kier alpha value is -1.04. The van der Waals surface area contributed by atoms with Crippen LogP contribution in [0.2, 0.25) is 0 Å². The summed E-state index contributed by atoms with van der Waals surface area (Å²) >= 11 is 0. The lowest BCUT2D eigenvalue weighted by Gasteiger charge is -2.09. The van der Waals surface area contributed by atoms with Crippen LogP contribution < -0.4 is 0 Å². The van der Waals surface area contributed by atoms with Crippen LogP contribution in [0.4, 0.5) is 0 Å². The van der Waals surface area contributed by atoms with Crippen molar-refractivity contribution in [3.63, 3.8) is 0 Å². The highest BCUT2D eigenvalue weighted by Gasteiger charge is 2.12. The molecule has 0 fully saturated rings. The number of rotatable bonds is 0. The Kier molecular flexibility index (Phi) is 1.35. The third kappa shape index (κ3) is 0.988. The standard InChI is InChI=1S/C11H12/c1-8-6-10-5-3-4-9(2)11(10)7-8/h3,5-7H,4H2,1-2H3. The molecule has 0 saturated carbocycles. The fourth-order valence-corrected chi connectivity index (χ4v) is 1.66. The summed E-state index contributed by atoms with van der Waals surface area (Å²) in [6.07, 6.45) is 10.1. The Bertz CT molecular complexity index is 309. The van der Waals surface area contributed by atoms with E-state index in [0.717, 1.165) is 6.42 Å². The van der Waals surface area contributed by atoms with Crippen molar-refractivity contribution < 1.29 is 0 Å². The van der Waals surface area contributed by atoms with Crippen molar-refractivity contribution in [2.45, 2.75) is 20.3 Å². The molecule has 2 aliphatic rings. The first-order valence-electron chi connectivity index (χ1n) is 4.04. The molecule has 0 heteroatoms. The smallest absolute Gasteiger partial charge is 0.0129 e. The van der Waals surface area contributed by atoms with Gasteiger partial charge in [0.1, 0.15) is 0 Å². The van der Waals surface area contributed by atoms with E-state index in [9.17, 15) is 0 Å². The first-order chi connectivity index (χ1) is 5.27. The minimum absolute atomic E-state index is 1.12. The number of hydrogen-bond acceptors (Lipinski definition) is 0. The average Bonchev–Trinajstić information content (AvgIpc) is 2.31. The molecule has 0 aromatic rings. The summed E-state index contributed by atoms with van der Waals surface area (Å²) in [6.45, 7) is 4.36. The topological polar surface area (TPSA) is 0 Å². The van der Waals surface area contributed by atoms with Crippen molar-refractivity contribution >= 4 is 0 Å². The summed E-state index contributed by atoms with van der Waals surface area (Å²) in [5, 5.41) is 0. The molecule has 0 amide bonds. The molecule has 0 aromatic heterocycles. The zero-order chi connectivity index (χ0) is 7.84. The quantitative estimate of drug-likeness (QED) is 0.490. The molecule has 0 heterocycles. The van der Waals surface area contributed by atoms with Gasteiger partial charge in [-0.25, -0.2) is 0 Å². The fourth-order valence-electron chi connectivity index (χ4n) is 1.66. The van der Waals surface area contributed by atoms with Gasteiger partial charge in [-0.05, 0) is 37.0 Å². The zero-order valence-corrected chi connectivity index (χ0v) is 7.02. The lowest BCUT2D eigenvalue weighted by molar-refractivity contribution is 1.15. The first kappa shape index (κ1) is 6.66. The largest absolute Gasteiger partial charge is 0.0798 e. The van der Waals surface area contributed by atoms with Crippen molar-refractivity contribution in [2.75, 3.05) is 0 Å². The van der Waals surface area contributed by atoms with Crippen LogP contribution in [0.5, 0.6) is 0 Å². The van der Waals surface area contributed by atoms with E-state index in [-0.39, 0.29) is 0 Å². The minimum Gasteiger partial charge on any atom is -0.0798 e. The second-order valence-corrected chi connectivity index (χ2v) is 3.29. The molecule has 0 atom stereocenters. The van der Waals surface area contributed by atoms with E-state index in [1.54, 1.807) is 0 Å². The fraction of sp³-hybridized carbons (Fsp3) is 0.273. The van der Waals surface area contributed by atoms with Crippen LogP contribution in [-0.4, -0.2) is 0 Å². The van der Waals surface area contributed by atoms with E-state index in [4.69, 9.17) is 0 Å². The van der Waals surface area contributed by atoms with Gasteiger partial charge in [0, 0.05) is 0 Å². The van der Waals surface area contributed by atoms with Gasteiger partial charge >= 0.3 is 0 Å². The molecule has 0 unspecified atom stereocenters. The van der Waals surface area contributed by atoms with Gasteiger partial charge in [0.25, 0.3) is 0 Å². The Morgan fingerprint density at radius 1 is 1.18 bits per heavy atom. The SMILES string of the molecule is CC1=CC2=C(C)CC=CC2=C1. The third-order valence-electron chi connectivity index (χ3n) is 2.25. The van der Waals surface area contributed by atoms with Gasteiger partial charge in [0.05, 0.1) is 0 Å². The van der Waals surface area contributed by atoms with Crippen molar-refractivity contribution in [1.82, 2.24) is 0 Å². The molecule has 0 radical (unpaired) electrons. The maximum Gasteiger partial charge on any atom is -0.0129 e. The lowest BCUT2D eigenvalue weighted by atomic mass is 9.96. The molecule has 0 spiro atoms. The molecule has 0 aliphatic heterocycles. The van der Waals surface area contributed by atoms with Gasteiger partial charge in [0.15, 0.2) is 0 Å². The molecule has 0 nitrogen and oxygen atoms in total. The van der Waals surface area contributed by atoms with E-state index in [2.05, 4.69) is 38.2 Å². The second-order valence-electron chi connectivity index (χ2n) is 3.29. The number of hydrogen-bond donors (Lipinski definition) is 0. The minimum atomic E-state index is 1.12. The van der Waals surface area contributed by atoms with Crippen LogP contribution in [0.25, 0.3) is 0 Å². The van der Waals surface area contributed by atoms with Crippen LogP contribution in [0.15, 0.2) is 46.6 Å². The molecular formula is C11H12. The maximum atomic E-state index is 2.27. The molecule has 0 aromatic carbocycles. The predicted molar refractivity (Wildman–Crippen MR) is 48.3 cm³/mol. The van der Waals surface area contributed by atoms with Gasteiger partial charge < -0.3 is 0 Å². The highest BCUT2D eigenvalue weighted by atomic mass is 14.2. The van der Waals surface area contributed by atoms with E-state index in [0.29, 0.717) is 0 Å². The number of fused-ring (bicyclic) bond motifs is 1. The molecule has 11 heavy (non-hydrogen) atoms. The summed E-state index contributed by atoms with van der Waals surface area (Å²) < 4.78 is 0. The molecule has 0 saturated heterocycles. The first-order valence-corrected chi connectivity index (χ1v) is 4.04. The summed E-state index contributed by atoms with van der Waals surface area (Å²) in [5.41, 5.74) is 5.72. The molecule has 56 valence electrons. The average molecular weight is 144 g/mol. The van der Waals surface area contributed by atoms with Gasteiger partial charge in [-0.2, -0.15) is 0 Å². The third-order valence-corrected chi connectivity index (χ3v) is 2.25. The van der Waals surface area contributed by atoms with Crippen molar-refractivity contribution in [3.05, 3.63) is 46.6 Å². The van der Waals surface area contributed by atoms with Gasteiger partial charge in [-0.15, -0.1) is 0 Å². The van der Waals surface area contributed by atoms with Crippen molar-refractivity contribution in [2.24, 2.45) is 0 Å². The molecular weight excluding hydrogens is 132 g/mol. The van der Waals surface area contributed by atoms with Crippen LogP contribution in [0.1, 0.15) is 20.3 Å². The van der Waals surface area contributed by atoms with E-state index >= 15 is 0 Å². The van der Waals surface area contributed by atoms with Gasteiger partial charge in [-0.3, -0.25) is 0 Å². The molecule has 0 N–H and O–H groups in total. The highest BCUT2D eigenvalue weighted by Crippen LogP contribution is 2.31. The van der Waals surface area contributed by atoms with Gasteiger partial charge in [-0.1, -0.05) is 29.9 Å². The van der Waals surface area contributed by atoms with Crippen LogP contribution in [-0.2, 0) is 0 Å². The Morgan fingerprint density at radius 2 is 2.00 bits per heavy atom. The monoisotopic (exact) mass is 144 g/mol. The molecule has 2 aliphatic carbocycles. The highest BCUT2D eigenvalue weighted by molar-refractivity contribution is 5.60.